The quantitative estimate of drug-likeness (QED) is 0.446. The largest absolute Gasteiger partial charge is 0.356 e. The summed E-state index contributed by atoms with van der Waals surface area (Å²) in [4.78, 5) is 9.96. The maximum atomic E-state index is 9.96. The van der Waals surface area contributed by atoms with Gasteiger partial charge in [-0.1, -0.05) is 0 Å². The lowest BCUT2D eigenvalue weighted by Gasteiger charge is -2.20. The van der Waals surface area contributed by atoms with E-state index in [0.717, 1.165) is 15.0 Å². The highest BCUT2D eigenvalue weighted by atomic mass is 31.1. The SMILES string of the molecule is O=CNC1CCPCC1. The molecule has 0 saturated carbocycles. The zero-order valence-corrected chi connectivity index (χ0v) is 6.39. The van der Waals surface area contributed by atoms with Crippen LogP contribution in [-0.2, 0) is 4.79 Å². The summed E-state index contributed by atoms with van der Waals surface area (Å²) in [7, 11) is 1.14. The number of amides is 1. The zero-order valence-electron chi connectivity index (χ0n) is 5.39. The van der Waals surface area contributed by atoms with Crippen LogP contribution in [0.5, 0.6) is 0 Å². The lowest BCUT2D eigenvalue weighted by molar-refractivity contribution is -0.110. The van der Waals surface area contributed by atoms with Crippen LogP contribution in [0.2, 0.25) is 0 Å². The first-order valence-electron chi connectivity index (χ1n) is 3.34. The van der Waals surface area contributed by atoms with Gasteiger partial charge in [0.2, 0.25) is 6.41 Å². The Hall–Kier alpha value is -0.100. The molecule has 1 amide bonds. The third-order valence-corrected chi connectivity index (χ3v) is 2.93. The van der Waals surface area contributed by atoms with Crippen molar-refractivity contribution in [3.05, 3.63) is 0 Å². The maximum Gasteiger partial charge on any atom is 0.207 e. The molecule has 0 aromatic rings. The number of carbonyl (C=O) groups excluding carboxylic acids is 1. The molecule has 1 fully saturated rings. The molecule has 0 aliphatic carbocycles. The number of carbonyl (C=O) groups is 1. The van der Waals surface area contributed by atoms with Gasteiger partial charge in [0.05, 0.1) is 0 Å². The van der Waals surface area contributed by atoms with Crippen LogP contribution in [0.1, 0.15) is 12.8 Å². The summed E-state index contributed by atoms with van der Waals surface area (Å²) in [5, 5.41) is 2.81. The highest BCUT2D eigenvalue weighted by Crippen LogP contribution is 2.21. The van der Waals surface area contributed by atoms with E-state index in [1.54, 1.807) is 0 Å². The number of hydrogen-bond donors (Lipinski definition) is 1. The van der Waals surface area contributed by atoms with Crippen molar-refractivity contribution in [3.8, 4) is 0 Å². The van der Waals surface area contributed by atoms with Crippen LogP contribution in [0.25, 0.3) is 0 Å². The van der Waals surface area contributed by atoms with E-state index in [-0.39, 0.29) is 0 Å². The molecule has 1 saturated heterocycles. The Morgan fingerprint density at radius 3 is 2.67 bits per heavy atom. The summed E-state index contributed by atoms with van der Waals surface area (Å²) in [5.41, 5.74) is 0. The van der Waals surface area contributed by atoms with Gasteiger partial charge < -0.3 is 5.32 Å². The Labute approximate surface area is 57.2 Å². The summed E-state index contributed by atoms with van der Waals surface area (Å²) in [6.07, 6.45) is 5.82. The van der Waals surface area contributed by atoms with Crippen molar-refractivity contribution in [2.45, 2.75) is 18.9 Å². The fourth-order valence-corrected chi connectivity index (χ4v) is 2.44. The molecule has 0 spiro atoms. The summed E-state index contributed by atoms with van der Waals surface area (Å²) in [6, 6.07) is 0.490. The molecule has 0 aromatic carbocycles. The van der Waals surface area contributed by atoms with Gasteiger partial charge in [-0.3, -0.25) is 4.79 Å². The average Bonchev–Trinajstić information content (AvgIpc) is 1.91. The molecule has 0 unspecified atom stereocenters. The minimum Gasteiger partial charge on any atom is -0.356 e. The minimum atomic E-state index is 0.490. The zero-order chi connectivity index (χ0) is 6.53. The van der Waals surface area contributed by atoms with Gasteiger partial charge in [0, 0.05) is 6.04 Å². The van der Waals surface area contributed by atoms with E-state index in [1.165, 1.54) is 25.2 Å². The fourth-order valence-electron chi connectivity index (χ4n) is 1.08. The van der Waals surface area contributed by atoms with Crippen LogP contribution < -0.4 is 5.32 Å². The van der Waals surface area contributed by atoms with Crippen molar-refractivity contribution in [2.24, 2.45) is 0 Å². The fraction of sp³-hybridized carbons (Fsp3) is 0.833. The van der Waals surface area contributed by atoms with Crippen LogP contribution in [0.4, 0.5) is 0 Å². The van der Waals surface area contributed by atoms with Crippen LogP contribution in [0.15, 0.2) is 0 Å². The molecule has 0 atom stereocenters. The topological polar surface area (TPSA) is 29.1 Å². The summed E-state index contributed by atoms with van der Waals surface area (Å²) >= 11 is 0. The van der Waals surface area contributed by atoms with Gasteiger partial charge in [-0.25, -0.2) is 0 Å². The van der Waals surface area contributed by atoms with Gasteiger partial charge >= 0.3 is 0 Å². The third kappa shape index (κ3) is 2.31. The molecule has 3 heteroatoms. The Morgan fingerprint density at radius 1 is 1.44 bits per heavy atom. The van der Waals surface area contributed by atoms with Crippen LogP contribution in [0.3, 0.4) is 0 Å². The van der Waals surface area contributed by atoms with Crippen molar-refractivity contribution in [1.82, 2.24) is 5.32 Å². The van der Waals surface area contributed by atoms with E-state index >= 15 is 0 Å². The molecule has 1 N–H and O–H groups in total. The van der Waals surface area contributed by atoms with Crippen LogP contribution in [-0.4, -0.2) is 24.8 Å². The van der Waals surface area contributed by atoms with Crippen molar-refractivity contribution >= 4 is 15.0 Å². The van der Waals surface area contributed by atoms with Crippen molar-refractivity contribution < 1.29 is 4.79 Å². The smallest absolute Gasteiger partial charge is 0.207 e. The van der Waals surface area contributed by atoms with Crippen molar-refractivity contribution in [1.29, 1.82) is 0 Å². The molecule has 9 heavy (non-hydrogen) atoms. The second kappa shape index (κ2) is 3.84. The molecular weight excluding hydrogens is 133 g/mol. The Morgan fingerprint density at radius 2 is 2.11 bits per heavy atom. The van der Waals surface area contributed by atoms with Gasteiger partial charge in [0.1, 0.15) is 0 Å². The normalized spacial score (nSPS) is 30.0. The molecule has 0 aromatic heterocycles. The Kier molecular flexibility index (Phi) is 2.99. The first kappa shape index (κ1) is 7.01. The molecule has 2 nitrogen and oxygen atoms in total. The Bertz CT molecular complexity index is 91.1. The van der Waals surface area contributed by atoms with Gasteiger partial charge in [-0.2, -0.15) is 0 Å². The number of rotatable bonds is 2. The Balaban J connectivity index is 2.15. The van der Waals surface area contributed by atoms with Crippen molar-refractivity contribution in [2.75, 3.05) is 12.3 Å². The van der Waals surface area contributed by atoms with E-state index in [1.807, 2.05) is 0 Å². The van der Waals surface area contributed by atoms with Gasteiger partial charge in [-0.15, -0.1) is 8.58 Å². The molecule has 1 rings (SSSR count). The molecule has 1 heterocycles. The lowest BCUT2D eigenvalue weighted by Crippen LogP contribution is -2.30. The first-order valence-corrected chi connectivity index (χ1v) is 4.75. The van der Waals surface area contributed by atoms with Gasteiger partial charge in [0.25, 0.3) is 0 Å². The van der Waals surface area contributed by atoms with Gasteiger partial charge in [-0.05, 0) is 25.2 Å². The molecule has 52 valence electrons. The lowest BCUT2D eigenvalue weighted by atomic mass is 10.2. The summed E-state index contributed by atoms with van der Waals surface area (Å²) in [6.45, 7) is 0. The second-order valence-corrected chi connectivity index (χ2v) is 3.81. The standard InChI is InChI=1S/C6H12NOP/c8-5-7-6-1-3-9-4-2-6/h5-6,9H,1-4H2,(H,7,8). The number of hydrogen-bond acceptors (Lipinski definition) is 1. The van der Waals surface area contributed by atoms with E-state index in [4.69, 9.17) is 0 Å². The highest BCUT2D eigenvalue weighted by molar-refractivity contribution is 7.38. The summed E-state index contributed by atoms with van der Waals surface area (Å²) < 4.78 is 0. The molecule has 0 bridgehead atoms. The van der Waals surface area contributed by atoms with Gasteiger partial charge in [0.15, 0.2) is 0 Å². The molecule has 1 aliphatic heterocycles. The number of nitrogens with one attached hydrogen (secondary N) is 1. The minimum absolute atomic E-state index is 0.490. The van der Waals surface area contributed by atoms with E-state index < -0.39 is 0 Å². The average molecular weight is 145 g/mol. The first-order chi connectivity index (χ1) is 4.43. The monoisotopic (exact) mass is 145 g/mol. The van der Waals surface area contributed by atoms with E-state index in [2.05, 4.69) is 5.32 Å². The molecular formula is C6H12NOP. The maximum absolute atomic E-state index is 9.96. The highest BCUT2D eigenvalue weighted by Gasteiger charge is 2.10. The van der Waals surface area contributed by atoms with Crippen LogP contribution >= 0.6 is 8.58 Å². The second-order valence-electron chi connectivity index (χ2n) is 2.31. The molecule has 1 aliphatic rings. The van der Waals surface area contributed by atoms with Crippen molar-refractivity contribution in [3.63, 3.8) is 0 Å². The third-order valence-electron chi connectivity index (χ3n) is 1.64. The predicted octanol–water partition coefficient (Wildman–Crippen LogP) is 0.573. The molecule has 0 radical (unpaired) electrons. The van der Waals surface area contributed by atoms with E-state index in [9.17, 15) is 4.79 Å². The summed E-state index contributed by atoms with van der Waals surface area (Å²) in [5.74, 6) is 0. The van der Waals surface area contributed by atoms with Crippen LogP contribution in [0, 0.1) is 0 Å². The van der Waals surface area contributed by atoms with E-state index in [0.29, 0.717) is 6.04 Å². The predicted molar refractivity (Wildman–Crippen MR) is 40.3 cm³/mol.